The molecule has 1 saturated heterocycles. The Morgan fingerprint density at radius 2 is 2.14 bits per heavy atom. The summed E-state index contributed by atoms with van der Waals surface area (Å²) < 4.78 is 30.7. The zero-order valence-corrected chi connectivity index (χ0v) is 10.3. The number of ether oxygens (including phenoxy) is 1. The normalized spacial score (nSPS) is 30.5. The molecule has 14 heavy (non-hydrogen) atoms. The molecule has 0 aromatic heterocycles. The van der Waals surface area contributed by atoms with E-state index in [2.05, 4.69) is 15.9 Å². The van der Waals surface area contributed by atoms with Crippen molar-refractivity contribution in [3.05, 3.63) is 0 Å². The van der Waals surface area contributed by atoms with E-state index in [4.69, 9.17) is 4.74 Å². The van der Waals surface area contributed by atoms with Crippen molar-refractivity contribution in [2.45, 2.75) is 24.2 Å². The van der Waals surface area contributed by atoms with E-state index in [1.54, 1.807) is 4.31 Å². The van der Waals surface area contributed by atoms with E-state index in [1.807, 2.05) is 0 Å². The second-order valence-electron chi connectivity index (χ2n) is 3.75. The van der Waals surface area contributed by atoms with Gasteiger partial charge in [-0.15, -0.1) is 0 Å². The van der Waals surface area contributed by atoms with Crippen LogP contribution < -0.4 is 0 Å². The Morgan fingerprint density at radius 3 is 2.71 bits per heavy atom. The van der Waals surface area contributed by atoms with Crippen LogP contribution in [0.25, 0.3) is 0 Å². The van der Waals surface area contributed by atoms with Crippen LogP contribution in [-0.4, -0.2) is 49.1 Å². The first kappa shape index (κ1) is 10.9. The third-order valence-electron chi connectivity index (χ3n) is 2.58. The van der Waals surface area contributed by atoms with Gasteiger partial charge in [-0.1, -0.05) is 15.9 Å². The number of hydrogen-bond acceptors (Lipinski definition) is 3. The highest BCUT2D eigenvalue weighted by Crippen LogP contribution is 2.31. The van der Waals surface area contributed by atoms with Gasteiger partial charge in [0.15, 0.2) is 0 Å². The van der Waals surface area contributed by atoms with Gasteiger partial charge in [-0.3, -0.25) is 0 Å². The molecule has 1 aliphatic carbocycles. The molecule has 4 nitrogen and oxygen atoms in total. The summed E-state index contributed by atoms with van der Waals surface area (Å²) >= 11 is 3.31. The lowest BCUT2D eigenvalue weighted by molar-refractivity contribution is 0.0136. The zero-order valence-electron chi connectivity index (χ0n) is 7.86. The maximum Gasteiger partial charge on any atom is 0.217 e. The zero-order chi connectivity index (χ0) is 10.2. The first-order valence-corrected chi connectivity index (χ1v) is 7.43. The molecule has 0 radical (unpaired) electrons. The summed E-state index contributed by atoms with van der Waals surface area (Å²) in [5.41, 5.74) is 0. The summed E-state index contributed by atoms with van der Waals surface area (Å²) in [6.45, 7) is 1.54. The van der Waals surface area contributed by atoms with Gasteiger partial charge in [0.1, 0.15) is 0 Å². The first-order valence-electron chi connectivity index (χ1n) is 4.81. The monoisotopic (exact) mass is 283 g/mol. The highest BCUT2D eigenvalue weighted by atomic mass is 79.9. The van der Waals surface area contributed by atoms with E-state index in [1.165, 1.54) is 0 Å². The molecule has 1 heterocycles. The van der Waals surface area contributed by atoms with Gasteiger partial charge in [0.05, 0.1) is 18.0 Å². The fourth-order valence-corrected chi connectivity index (χ4v) is 3.84. The van der Waals surface area contributed by atoms with Gasteiger partial charge in [0, 0.05) is 18.4 Å². The molecule has 1 atom stereocenters. The van der Waals surface area contributed by atoms with E-state index in [0.29, 0.717) is 25.0 Å². The molecular weight excluding hydrogens is 270 g/mol. The second kappa shape index (κ2) is 4.08. The molecule has 0 aromatic carbocycles. The SMILES string of the molecule is O=S(=O)(C1CC1)N1CCOC(CBr)C1. The third-order valence-corrected chi connectivity index (χ3v) is 5.67. The average molecular weight is 284 g/mol. The summed E-state index contributed by atoms with van der Waals surface area (Å²) in [4.78, 5) is 0. The minimum absolute atomic E-state index is 0.0114. The maximum atomic E-state index is 11.9. The lowest BCUT2D eigenvalue weighted by Crippen LogP contribution is -2.47. The Morgan fingerprint density at radius 1 is 1.43 bits per heavy atom. The summed E-state index contributed by atoms with van der Waals surface area (Å²) in [7, 11) is -3.00. The molecule has 0 spiro atoms. The average Bonchev–Trinajstić information content (AvgIpc) is 3.01. The molecule has 2 aliphatic rings. The molecule has 0 amide bonds. The summed E-state index contributed by atoms with van der Waals surface area (Å²) in [5.74, 6) is 0. The Balaban J connectivity index is 2.03. The van der Waals surface area contributed by atoms with Crippen molar-refractivity contribution < 1.29 is 13.2 Å². The Bertz CT molecular complexity index is 302. The van der Waals surface area contributed by atoms with Crippen molar-refractivity contribution in [2.24, 2.45) is 0 Å². The molecular formula is C8H14BrNO3S. The van der Waals surface area contributed by atoms with Gasteiger partial charge < -0.3 is 4.74 Å². The Labute approximate surface area is 92.8 Å². The van der Waals surface area contributed by atoms with Gasteiger partial charge in [0.25, 0.3) is 0 Å². The molecule has 1 aliphatic heterocycles. The second-order valence-corrected chi connectivity index (χ2v) is 6.61. The molecule has 2 fully saturated rings. The van der Waals surface area contributed by atoms with E-state index >= 15 is 0 Å². The van der Waals surface area contributed by atoms with Crippen LogP contribution in [0.2, 0.25) is 0 Å². The lowest BCUT2D eigenvalue weighted by atomic mass is 10.3. The molecule has 0 bridgehead atoms. The van der Waals surface area contributed by atoms with Crippen molar-refractivity contribution in [1.29, 1.82) is 0 Å². The van der Waals surface area contributed by atoms with Gasteiger partial charge in [0.2, 0.25) is 10.0 Å². The Hall–Kier alpha value is 0.350. The Kier molecular flexibility index (Phi) is 3.16. The number of alkyl halides is 1. The summed E-state index contributed by atoms with van der Waals surface area (Å²) in [6.07, 6.45) is 1.68. The smallest absolute Gasteiger partial charge is 0.217 e. The quantitative estimate of drug-likeness (QED) is 0.712. The number of morpholine rings is 1. The van der Waals surface area contributed by atoms with Gasteiger partial charge in [-0.2, -0.15) is 4.31 Å². The predicted octanol–water partition coefficient (Wildman–Crippen LogP) is 0.574. The first-order chi connectivity index (χ1) is 6.64. The maximum absolute atomic E-state index is 11.9. The summed E-state index contributed by atoms with van der Waals surface area (Å²) in [5, 5.41) is 0.598. The van der Waals surface area contributed by atoms with Crippen LogP contribution in [0.1, 0.15) is 12.8 Å². The number of nitrogens with zero attached hydrogens (tertiary/aromatic N) is 1. The van der Waals surface area contributed by atoms with Crippen LogP contribution in [0.3, 0.4) is 0 Å². The van der Waals surface area contributed by atoms with Gasteiger partial charge in [-0.05, 0) is 12.8 Å². The van der Waals surface area contributed by atoms with Crippen LogP contribution in [0.15, 0.2) is 0 Å². The van der Waals surface area contributed by atoms with E-state index in [-0.39, 0.29) is 11.4 Å². The van der Waals surface area contributed by atoms with Crippen LogP contribution in [-0.2, 0) is 14.8 Å². The number of hydrogen-bond donors (Lipinski definition) is 0. The summed E-state index contributed by atoms with van der Waals surface area (Å²) in [6, 6.07) is 0. The van der Waals surface area contributed by atoms with Crippen molar-refractivity contribution in [3.63, 3.8) is 0 Å². The standard InChI is InChI=1S/C8H14BrNO3S/c9-5-7-6-10(3-4-13-7)14(11,12)8-1-2-8/h7-8H,1-6H2. The minimum atomic E-state index is -3.00. The van der Waals surface area contributed by atoms with Crippen LogP contribution in [0, 0.1) is 0 Å². The fourth-order valence-electron chi connectivity index (χ4n) is 1.59. The van der Waals surface area contributed by atoms with Crippen molar-refractivity contribution >= 4 is 26.0 Å². The highest BCUT2D eigenvalue weighted by Gasteiger charge is 2.41. The number of rotatable bonds is 3. The van der Waals surface area contributed by atoms with E-state index in [0.717, 1.165) is 12.8 Å². The highest BCUT2D eigenvalue weighted by molar-refractivity contribution is 9.09. The number of sulfonamides is 1. The lowest BCUT2D eigenvalue weighted by Gasteiger charge is -2.31. The topological polar surface area (TPSA) is 46.6 Å². The van der Waals surface area contributed by atoms with Crippen molar-refractivity contribution in [2.75, 3.05) is 25.0 Å². The van der Waals surface area contributed by atoms with Crippen molar-refractivity contribution in [1.82, 2.24) is 4.31 Å². The van der Waals surface area contributed by atoms with Crippen LogP contribution in [0.5, 0.6) is 0 Å². The van der Waals surface area contributed by atoms with Gasteiger partial charge in [-0.25, -0.2) is 8.42 Å². The molecule has 82 valence electrons. The van der Waals surface area contributed by atoms with Crippen LogP contribution >= 0.6 is 15.9 Å². The fraction of sp³-hybridized carbons (Fsp3) is 1.00. The molecule has 1 unspecified atom stereocenters. The predicted molar refractivity (Wildman–Crippen MR) is 57.0 cm³/mol. The molecule has 1 saturated carbocycles. The molecule has 2 rings (SSSR count). The third kappa shape index (κ3) is 2.13. The minimum Gasteiger partial charge on any atom is -0.375 e. The molecule has 6 heteroatoms. The van der Waals surface area contributed by atoms with Gasteiger partial charge >= 0.3 is 0 Å². The van der Waals surface area contributed by atoms with E-state index < -0.39 is 10.0 Å². The number of halogens is 1. The molecule has 0 aromatic rings. The molecule has 0 N–H and O–H groups in total. The van der Waals surface area contributed by atoms with Crippen LogP contribution in [0.4, 0.5) is 0 Å². The largest absolute Gasteiger partial charge is 0.375 e. The van der Waals surface area contributed by atoms with Crippen molar-refractivity contribution in [3.8, 4) is 0 Å². The van der Waals surface area contributed by atoms with E-state index in [9.17, 15) is 8.42 Å².